The molecule has 8 nitrogen and oxygen atoms in total. The number of fused-ring (bicyclic) bond motifs is 2. The number of nitrogens with one attached hydrogen (secondary N) is 2. The van der Waals surface area contributed by atoms with Crippen LogP contribution in [0.15, 0.2) is 56.7 Å². The summed E-state index contributed by atoms with van der Waals surface area (Å²) in [5.41, 5.74) is 2.48. The van der Waals surface area contributed by atoms with E-state index in [1.165, 1.54) is 6.07 Å². The van der Waals surface area contributed by atoms with Crippen LogP contribution < -0.4 is 15.4 Å². The fraction of sp³-hybridized carbons (Fsp3) is 0.0833. The molecule has 0 radical (unpaired) electrons. The molecular weight excluding hydrogens is 594 g/mol. The predicted molar refractivity (Wildman–Crippen MR) is 138 cm³/mol. The third-order valence-corrected chi connectivity index (χ3v) is 7.73. The average Bonchev–Trinajstić information content (AvgIpc) is 3.54. The van der Waals surface area contributed by atoms with Gasteiger partial charge in [-0.15, -0.1) is 0 Å². The first-order chi connectivity index (χ1) is 17.7. The molecule has 0 spiro atoms. The lowest BCUT2D eigenvalue weighted by molar-refractivity contribution is -0.116. The normalized spacial score (nSPS) is 22.7. The second kappa shape index (κ2) is 10.1. The summed E-state index contributed by atoms with van der Waals surface area (Å²) in [5.74, 6) is -0.396. The number of halogens is 3. The first kappa shape index (κ1) is 25.2. The van der Waals surface area contributed by atoms with E-state index in [0.29, 0.717) is 37.7 Å². The first-order valence-corrected chi connectivity index (χ1v) is 13.0. The zero-order valence-corrected chi connectivity index (χ0v) is 21.5. The average molecular weight is 607 g/mol. The third kappa shape index (κ3) is 5.48. The summed E-state index contributed by atoms with van der Waals surface area (Å²) in [6.07, 6.45) is 1.72. The van der Waals surface area contributed by atoms with Crippen molar-refractivity contribution >= 4 is 84.9 Å². The molecule has 2 aromatic carbocycles. The van der Waals surface area contributed by atoms with Gasteiger partial charge in [-0.2, -0.15) is 4.39 Å². The molecule has 3 aliphatic heterocycles. The predicted octanol–water partition coefficient (Wildman–Crippen LogP) is 6.03. The van der Waals surface area contributed by atoms with Crippen LogP contribution in [0.5, 0.6) is 5.75 Å². The van der Waals surface area contributed by atoms with E-state index in [1.54, 1.807) is 48.6 Å². The number of carbonyl (C=O) groups excluding carboxylic acids is 4. The monoisotopic (exact) mass is 606 g/mol. The van der Waals surface area contributed by atoms with Gasteiger partial charge < -0.3 is 9.15 Å². The molecule has 2 unspecified atom stereocenters. The van der Waals surface area contributed by atoms with E-state index >= 15 is 0 Å². The van der Waals surface area contributed by atoms with Crippen molar-refractivity contribution in [3.63, 3.8) is 0 Å². The summed E-state index contributed by atoms with van der Waals surface area (Å²) < 4.78 is 36.1. The highest BCUT2D eigenvalue weighted by Gasteiger charge is 2.32. The number of carbonyl (C=O) groups is 4. The van der Waals surface area contributed by atoms with Gasteiger partial charge in [0.2, 0.25) is 0 Å². The van der Waals surface area contributed by atoms with Crippen molar-refractivity contribution < 1.29 is 37.1 Å². The summed E-state index contributed by atoms with van der Waals surface area (Å²) in [6, 6.07) is 10.8. The number of furan rings is 1. The Morgan fingerprint density at radius 1 is 0.865 bits per heavy atom. The number of amides is 4. The number of hydrogen-bond acceptors (Lipinski definition) is 8. The van der Waals surface area contributed by atoms with Crippen molar-refractivity contribution in [3.05, 3.63) is 75.0 Å². The van der Waals surface area contributed by atoms with Crippen LogP contribution in [0.25, 0.3) is 23.1 Å². The third-order valence-electron chi connectivity index (χ3n) is 5.20. The Bertz CT molecular complexity index is 1550. The highest BCUT2D eigenvalue weighted by Crippen LogP contribution is 2.43. The molecule has 0 aliphatic carbocycles. The largest absolute Gasteiger partial charge is 0.458 e. The van der Waals surface area contributed by atoms with E-state index in [0.717, 1.165) is 29.1 Å². The molecule has 0 bridgehead atoms. The second-order valence-electron chi connectivity index (χ2n) is 7.72. The van der Waals surface area contributed by atoms with Crippen LogP contribution in [-0.2, 0) is 9.59 Å². The van der Waals surface area contributed by atoms with Gasteiger partial charge in [0.05, 0.1) is 9.81 Å². The van der Waals surface area contributed by atoms with Crippen LogP contribution in [0.2, 0.25) is 0 Å². The standard InChI is InChI=1S/C12H7BrFNO3S.C12H6FNO3S/c13-9-6-2-1-5(3-7(6)18-10(9)14)4-8-11(16)15-12(17)19-8;13-10-5-7-2-1-6(3-8(7)17-10)4-9-11(15)14-12(16)18-9/h1-4,9-10H,(H,15,16,17);1-5H,(H,14,15,16). The maximum atomic E-state index is 13.4. The van der Waals surface area contributed by atoms with Crippen LogP contribution in [0, 0.1) is 6.01 Å². The molecule has 0 saturated carbocycles. The van der Waals surface area contributed by atoms with E-state index in [-0.39, 0.29) is 0 Å². The van der Waals surface area contributed by atoms with Crippen molar-refractivity contribution in [2.45, 2.75) is 11.2 Å². The SMILES string of the molecule is O=C1NC(=O)C(=Cc2ccc3c(c2)OC(F)C3Br)S1.O=C1NC(=O)C(=Cc2ccc3cc(F)oc3c2)S1. The number of alkyl halides is 2. The van der Waals surface area contributed by atoms with E-state index in [1.807, 2.05) is 0 Å². The van der Waals surface area contributed by atoms with Gasteiger partial charge in [-0.05, 0) is 58.9 Å². The van der Waals surface area contributed by atoms with Crippen molar-refractivity contribution in [2.24, 2.45) is 0 Å². The quantitative estimate of drug-likeness (QED) is 0.268. The minimum atomic E-state index is -1.41. The van der Waals surface area contributed by atoms with E-state index in [9.17, 15) is 28.0 Å². The topological polar surface area (TPSA) is 115 Å². The number of rotatable bonds is 2. The van der Waals surface area contributed by atoms with Crippen molar-refractivity contribution in [2.75, 3.05) is 0 Å². The summed E-state index contributed by atoms with van der Waals surface area (Å²) in [6.45, 7) is 0. The smallest absolute Gasteiger partial charge is 0.290 e. The van der Waals surface area contributed by atoms with Crippen molar-refractivity contribution in [1.82, 2.24) is 10.6 Å². The number of hydrogen-bond donors (Lipinski definition) is 2. The maximum Gasteiger partial charge on any atom is 0.290 e. The molecule has 37 heavy (non-hydrogen) atoms. The van der Waals surface area contributed by atoms with E-state index in [2.05, 4.69) is 26.6 Å². The fourth-order valence-corrected chi connectivity index (χ4v) is 5.39. The highest BCUT2D eigenvalue weighted by molar-refractivity contribution is 9.09. The van der Waals surface area contributed by atoms with Crippen LogP contribution in [0.3, 0.4) is 0 Å². The molecule has 6 rings (SSSR count). The zero-order valence-electron chi connectivity index (χ0n) is 18.3. The molecule has 13 heteroatoms. The minimum Gasteiger partial charge on any atom is -0.458 e. The Kier molecular flexibility index (Phi) is 6.92. The number of ether oxygens (including phenoxy) is 1. The fourth-order valence-electron chi connectivity index (χ4n) is 3.54. The molecule has 2 N–H and O–H groups in total. The summed E-state index contributed by atoms with van der Waals surface area (Å²) in [4.78, 5) is 44.9. The maximum absolute atomic E-state index is 13.4. The second-order valence-corrected chi connectivity index (χ2v) is 10.7. The lowest BCUT2D eigenvalue weighted by Gasteiger charge is -2.01. The van der Waals surface area contributed by atoms with Gasteiger partial charge in [0.25, 0.3) is 34.7 Å². The Hall–Kier alpha value is -3.42. The first-order valence-electron chi connectivity index (χ1n) is 10.4. The molecule has 2 atom stereocenters. The molecule has 3 aromatic rings. The Morgan fingerprint density at radius 3 is 2.05 bits per heavy atom. The number of thioether (sulfide) groups is 2. The summed E-state index contributed by atoms with van der Waals surface area (Å²) in [7, 11) is 0. The van der Waals surface area contributed by atoms with Gasteiger partial charge in [-0.1, -0.05) is 40.2 Å². The number of benzene rings is 2. The van der Waals surface area contributed by atoms with Gasteiger partial charge in [0.1, 0.15) is 16.2 Å². The van der Waals surface area contributed by atoms with Gasteiger partial charge in [0, 0.05) is 17.0 Å². The van der Waals surface area contributed by atoms with Gasteiger partial charge in [-0.25, -0.2) is 4.39 Å². The van der Waals surface area contributed by atoms with Crippen molar-refractivity contribution in [1.29, 1.82) is 0 Å². The van der Waals surface area contributed by atoms with E-state index in [4.69, 9.17) is 9.15 Å². The van der Waals surface area contributed by atoms with Crippen LogP contribution >= 0.6 is 39.5 Å². The highest BCUT2D eigenvalue weighted by atomic mass is 79.9. The molecule has 2 saturated heterocycles. The van der Waals surface area contributed by atoms with Gasteiger partial charge in [-0.3, -0.25) is 29.8 Å². The summed E-state index contributed by atoms with van der Waals surface area (Å²) >= 11 is 4.88. The molecule has 2 fully saturated rings. The van der Waals surface area contributed by atoms with Gasteiger partial charge >= 0.3 is 0 Å². The minimum absolute atomic E-state index is 0.311. The van der Waals surface area contributed by atoms with Gasteiger partial charge in [0.15, 0.2) is 0 Å². The molecule has 3 aliphatic rings. The molecular formula is C24H13BrF2N2O6S2. The zero-order chi connectivity index (χ0) is 26.3. The lowest BCUT2D eigenvalue weighted by atomic mass is 10.1. The summed E-state index contributed by atoms with van der Waals surface area (Å²) in [5, 5.41) is 4.20. The molecule has 4 heterocycles. The Labute approximate surface area is 224 Å². The molecule has 1 aromatic heterocycles. The number of imide groups is 2. The lowest BCUT2D eigenvalue weighted by Crippen LogP contribution is -2.17. The Morgan fingerprint density at radius 2 is 1.46 bits per heavy atom. The van der Waals surface area contributed by atoms with Crippen molar-refractivity contribution in [3.8, 4) is 5.75 Å². The molecule has 188 valence electrons. The Balaban J connectivity index is 0.000000152. The van der Waals surface area contributed by atoms with Crippen LogP contribution in [0.1, 0.15) is 21.5 Å². The van der Waals surface area contributed by atoms with Crippen LogP contribution in [0.4, 0.5) is 18.4 Å². The molecule has 4 amide bonds. The van der Waals surface area contributed by atoms with E-state index < -0.39 is 39.5 Å². The van der Waals surface area contributed by atoms with Crippen LogP contribution in [-0.4, -0.2) is 28.7 Å².